The first kappa shape index (κ1) is 12.9. The zero-order chi connectivity index (χ0) is 11.3. The van der Waals surface area contributed by atoms with Gasteiger partial charge in [-0.25, -0.2) is 0 Å². The number of hydrogen-bond donors (Lipinski definition) is 1. The van der Waals surface area contributed by atoms with Crippen LogP contribution in [0.25, 0.3) is 0 Å². The van der Waals surface area contributed by atoms with E-state index in [9.17, 15) is 9.59 Å². The van der Waals surface area contributed by atoms with Gasteiger partial charge in [0.15, 0.2) is 0 Å². The van der Waals surface area contributed by atoms with Crippen molar-refractivity contribution in [2.75, 3.05) is 6.54 Å². The first-order valence-corrected chi connectivity index (χ1v) is 4.90. The van der Waals surface area contributed by atoms with Crippen LogP contribution in [0, 0.1) is 5.92 Å². The number of rotatable bonds is 5. The lowest BCUT2D eigenvalue weighted by molar-refractivity contribution is -0.143. The van der Waals surface area contributed by atoms with E-state index in [0.717, 1.165) is 6.42 Å². The molecule has 14 heavy (non-hydrogen) atoms. The van der Waals surface area contributed by atoms with Crippen molar-refractivity contribution in [2.24, 2.45) is 5.92 Å². The Morgan fingerprint density at radius 1 is 1.36 bits per heavy atom. The molecule has 0 radical (unpaired) electrons. The first-order chi connectivity index (χ1) is 6.40. The fraction of sp³-hybridized carbons (Fsp3) is 0.800. The summed E-state index contributed by atoms with van der Waals surface area (Å²) in [6, 6.07) is 0.106. The van der Waals surface area contributed by atoms with Crippen molar-refractivity contribution in [1.29, 1.82) is 0 Å². The van der Waals surface area contributed by atoms with E-state index in [1.807, 2.05) is 13.8 Å². The highest BCUT2D eigenvalue weighted by molar-refractivity contribution is 5.75. The van der Waals surface area contributed by atoms with Crippen molar-refractivity contribution < 1.29 is 14.7 Å². The van der Waals surface area contributed by atoms with Crippen molar-refractivity contribution in [3.8, 4) is 0 Å². The maximum absolute atomic E-state index is 11.2. The standard InChI is InChI=1S/C10H19NO3/c1-5-8(3)11(9(4)12)6-7(2)10(13)14/h7-8H,5-6H2,1-4H3,(H,13,14). The largest absolute Gasteiger partial charge is 0.481 e. The van der Waals surface area contributed by atoms with Crippen LogP contribution in [0.15, 0.2) is 0 Å². The zero-order valence-corrected chi connectivity index (χ0v) is 9.28. The van der Waals surface area contributed by atoms with Gasteiger partial charge < -0.3 is 10.0 Å². The molecule has 1 N–H and O–H groups in total. The SMILES string of the molecule is CCC(C)N(CC(C)C(=O)O)C(C)=O. The molecule has 0 bridgehead atoms. The number of carbonyl (C=O) groups excluding carboxylic acids is 1. The minimum atomic E-state index is -0.862. The van der Waals surface area contributed by atoms with E-state index < -0.39 is 11.9 Å². The lowest BCUT2D eigenvalue weighted by Crippen LogP contribution is -2.41. The lowest BCUT2D eigenvalue weighted by atomic mass is 10.1. The van der Waals surface area contributed by atoms with Gasteiger partial charge in [0.05, 0.1) is 5.92 Å². The average molecular weight is 201 g/mol. The Labute approximate surface area is 84.9 Å². The van der Waals surface area contributed by atoms with E-state index >= 15 is 0 Å². The summed E-state index contributed by atoms with van der Waals surface area (Å²) in [5.41, 5.74) is 0. The molecule has 2 atom stereocenters. The number of amides is 1. The van der Waals surface area contributed by atoms with Crippen LogP contribution in [0.2, 0.25) is 0 Å². The predicted molar refractivity (Wildman–Crippen MR) is 53.9 cm³/mol. The molecule has 82 valence electrons. The van der Waals surface area contributed by atoms with Gasteiger partial charge in [-0.05, 0) is 13.3 Å². The fourth-order valence-corrected chi connectivity index (χ4v) is 1.21. The van der Waals surface area contributed by atoms with E-state index in [1.54, 1.807) is 11.8 Å². The molecular weight excluding hydrogens is 182 g/mol. The molecule has 0 aliphatic rings. The summed E-state index contributed by atoms with van der Waals surface area (Å²) in [6.45, 7) is 7.28. The lowest BCUT2D eigenvalue weighted by Gasteiger charge is -2.28. The van der Waals surface area contributed by atoms with Crippen LogP contribution in [-0.4, -0.2) is 34.5 Å². The van der Waals surface area contributed by atoms with Gasteiger partial charge in [0.2, 0.25) is 5.91 Å². The van der Waals surface area contributed by atoms with Crippen molar-refractivity contribution in [3.63, 3.8) is 0 Å². The maximum atomic E-state index is 11.2. The molecule has 2 unspecified atom stereocenters. The number of carboxylic acids is 1. The topological polar surface area (TPSA) is 57.6 Å². The maximum Gasteiger partial charge on any atom is 0.308 e. The Balaban J connectivity index is 4.38. The molecule has 0 spiro atoms. The number of carboxylic acid groups (broad SMARTS) is 1. The molecule has 0 aliphatic carbocycles. The molecule has 0 aromatic carbocycles. The third-order valence-electron chi connectivity index (χ3n) is 2.42. The number of hydrogen-bond acceptors (Lipinski definition) is 2. The number of aliphatic carboxylic acids is 1. The molecule has 0 aromatic heterocycles. The molecule has 0 fully saturated rings. The molecule has 0 saturated heterocycles. The van der Waals surface area contributed by atoms with Crippen molar-refractivity contribution in [2.45, 2.75) is 40.2 Å². The smallest absolute Gasteiger partial charge is 0.308 e. The quantitative estimate of drug-likeness (QED) is 0.730. The van der Waals surface area contributed by atoms with Crippen LogP contribution in [0.4, 0.5) is 0 Å². The summed E-state index contributed by atoms with van der Waals surface area (Å²) in [7, 11) is 0. The molecule has 0 aromatic rings. The van der Waals surface area contributed by atoms with Gasteiger partial charge in [0, 0.05) is 19.5 Å². The monoisotopic (exact) mass is 201 g/mol. The minimum absolute atomic E-state index is 0.0625. The number of nitrogens with zero attached hydrogens (tertiary/aromatic N) is 1. The van der Waals surface area contributed by atoms with Crippen LogP contribution >= 0.6 is 0 Å². The molecule has 4 nitrogen and oxygen atoms in total. The van der Waals surface area contributed by atoms with Gasteiger partial charge in [-0.2, -0.15) is 0 Å². The summed E-state index contributed by atoms with van der Waals surface area (Å²) in [6.07, 6.45) is 0.839. The Hall–Kier alpha value is -1.06. The zero-order valence-electron chi connectivity index (χ0n) is 9.28. The Morgan fingerprint density at radius 2 is 1.86 bits per heavy atom. The molecular formula is C10H19NO3. The highest BCUT2D eigenvalue weighted by Crippen LogP contribution is 2.08. The molecule has 1 amide bonds. The summed E-state index contributed by atoms with van der Waals surface area (Å²) in [5, 5.41) is 8.73. The second-order valence-electron chi connectivity index (χ2n) is 3.67. The number of carbonyl (C=O) groups is 2. The van der Waals surface area contributed by atoms with E-state index in [0.29, 0.717) is 6.54 Å². The van der Waals surface area contributed by atoms with Crippen LogP contribution < -0.4 is 0 Å². The van der Waals surface area contributed by atoms with E-state index in [1.165, 1.54) is 6.92 Å². The second-order valence-corrected chi connectivity index (χ2v) is 3.67. The van der Waals surface area contributed by atoms with Crippen LogP contribution in [-0.2, 0) is 9.59 Å². The van der Waals surface area contributed by atoms with Gasteiger partial charge in [-0.15, -0.1) is 0 Å². The first-order valence-electron chi connectivity index (χ1n) is 4.90. The molecule has 0 heterocycles. The minimum Gasteiger partial charge on any atom is -0.481 e. The highest BCUT2D eigenvalue weighted by Gasteiger charge is 2.21. The summed E-state index contributed by atoms with van der Waals surface area (Å²) in [4.78, 5) is 23.5. The van der Waals surface area contributed by atoms with E-state index in [2.05, 4.69) is 0 Å². The molecule has 4 heteroatoms. The van der Waals surface area contributed by atoms with Crippen molar-refractivity contribution >= 4 is 11.9 Å². The van der Waals surface area contributed by atoms with Crippen molar-refractivity contribution in [3.05, 3.63) is 0 Å². The Bertz CT molecular complexity index is 215. The summed E-state index contributed by atoms with van der Waals surface area (Å²) < 4.78 is 0. The molecule has 0 aliphatic heterocycles. The highest BCUT2D eigenvalue weighted by atomic mass is 16.4. The predicted octanol–water partition coefficient (Wildman–Crippen LogP) is 1.35. The third-order valence-corrected chi connectivity index (χ3v) is 2.42. The molecule has 0 rings (SSSR count). The normalized spacial score (nSPS) is 14.6. The van der Waals surface area contributed by atoms with Gasteiger partial charge in [-0.3, -0.25) is 9.59 Å². The van der Waals surface area contributed by atoms with Crippen molar-refractivity contribution in [1.82, 2.24) is 4.90 Å². The Kier molecular flexibility index (Phi) is 5.20. The fourth-order valence-electron chi connectivity index (χ4n) is 1.21. The second kappa shape index (κ2) is 5.62. The Morgan fingerprint density at radius 3 is 2.14 bits per heavy atom. The van der Waals surface area contributed by atoms with Crippen LogP contribution in [0.3, 0.4) is 0 Å². The summed E-state index contributed by atoms with van der Waals surface area (Å²) >= 11 is 0. The van der Waals surface area contributed by atoms with Crippen LogP contribution in [0.1, 0.15) is 34.1 Å². The van der Waals surface area contributed by atoms with Gasteiger partial charge in [0.25, 0.3) is 0 Å². The van der Waals surface area contributed by atoms with E-state index in [4.69, 9.17) is 5.11 Å². The summed E-state index contributed by atoms with van der Waals surface area (Å²) in [5.74, 6) is -1.43. The van der Waals surface area contributed by atoms with E-state index in [-0.39, 0.29) is 11.9 Å². The van der Waals surface area contributed by atoms with Gasteiger partial charge in [0.1, 0.15) is 0 Å². The van der Waals surface area contributed by atoms with Gasteiger partial charge in [-0.1, -0.05) is 13.8 Å². The third kappa shape index (κ3) is 3.77. The van der Waals surface area contributed by atoms with Crippen LogP contribution in [0.5, 0.6) is 0 Å². The van der Waals surface area contributed by atoms with Gasteiger partial charge >= 0.3 is 5.97 Å². The molecule has 0 saturated carbocycles. The average Bonchev–Trinajstić information content (AvgIpc) is 2.11.